The highest BCUT2D eigenvalue weighted by molar-refractivity contribution is 6.10. The lowest BCUT2D eigenvalue weighted by Gasteiger charge is -2.16. The quantitative estimate of drug-likeness (QED) is 0.374. The molecular weight excluding hydrogens is 516 g/mol. The molecule has 40 heavy (non-hydrogen) atoms. The van der Waals surface area contributed by atoms with Gasteiger partial charge in [0.15, 0.2) is 0 Å². The summed E-state index contributed by atoms with van der Waals surface area (Å²) in [6.07, 6.45) is 6.70. The number of imide groups is 2. The van der Waals surface area contributed by atoms with E-state index in [1.54, 1.807) is 0 Å². The van der Waals surface area contributed by atoms with Gasteiger partial charge in [-0.1, -0.05) is 30.0 Å². The maximum atomic E-state index is 12.0. The summed E-state index contributed by atoms with van der Waals surface area (Å²) in [4.78, 5) is 69.0. The molecule has 10 nitrogen and oxygen atoms in total. The molecule has 0 fully saturated rings. The lowest BCUT2D eigenvalue weighted by Crippen LogP contribution is -2.38. The Balaban J connectivity index is 0.000000194. The summed E-state index contributed by atoms with van der Waals surface area (Å²) in [5.41, 5.74) is 1.41. The second-order valence-electron chi connectivity index (χ2n) is 8.76. The highest BCUT2D eigenvalue weighted by Crippen LogP contribution is 2.19. The SMILES string of the molecule is C#CCCc1cc(=O)oc2c1C(=O)NC(=O)C2.O=C1Cc2oc(=O)cc(CCC#Cc3ccccc3)c2C(=O)N1. The van der Waals surface area contributed by atoms with E-state index in [0.29, 0.717) is 36.8 Å². The van der Waals surface area contributed by atoms with Gasteiger partial charge in [-0.15, -0.1) is 12.3 Å². The van der Waals surface area contributed by atoms with Crippen LogP contribution < -0.4 is 21.9 Å². The fourth-order valence-corrected chi connectivity index (χ4v) is 4.23. The first-order valence-corrected chi connectivity index (χ1v) is 12.2. The number of amides is 4. The number of aryl methyl sites for hydroxylation is 2. The van der Waals surface area contributed by atoms with Gasteiger partial charge in [0.05, 0.1) is 24.0 Å². The van der Waals surface area contributed by atoms with Crippen molar-refractivity contribution in [1.82, 2.24) is 10.6 Å². The molecule has 0 bridgehead atoms. The monoisotopic (exact) mass is 538 g/mol. The van der Waals surface area contributed by atoms with Crippen LogP contribution in [0, 0.1) is 24.2 Å². The number of fused-ring (bicyclic) bond motifs is 2. The van der Waals surface area contributed by atoms with Crippen molar-refractivity contribution >= 4 is 23.6 Å². The third kappa shape index (κ3) is 6.69. The van der Waals surface area contributed by atoms with Crippen molar-refractivity contribution in [2.75, 3.05) is 0 Å². The summed E-state index contributed by atoms with van der Waals surface area (Å²) >= 11 is 0. The van der Waals surface area contributed by atoms with Gasteiger partial charge >= 0.3 is 11.3 Å². The maximum Gasteiger partial charge on any atom is 0.336 e. The van der Waals surface area contributed by atoms with E-state index >= 15 is 0 Å². The molecule has 200 valence electrons. The lowest BCUT2D eigenvalue weighted by molar-refractivity contribution is -0.121. The molecule has 0 saturated heterocycles. The third-order valence-electron chi connectivity index (χ3n) is 5.90. The molecule has 10 heteroatoms. The van der Waals surface area contributed by atoms with E-state index in [9.17, 15) is 28.8 Å². The molecule has 2 N–H and O–H groups in total. The molecule has 3 aromatic rings. The van der Waals surface area contributed by atoms with Gasteiger partial charge in [0, 0.05) is 30.5 Å². The van der Waals surface area contributed by atoms with Gasteiger partial charge < -0.3 is 8.83 Å². The van der Waals surface area contributed by atoms with Gasteiger partial charge in [-0.3, -0.25) is 29.8 Å². The first kappa shape index (κ1) is 27.6. The van der Waals surface area contributed by atoms with Crippen LogP contribution in [0.5, 0.6) is 0 Å². The number of terminal acetylenes is 1. The lowest BCUT2D eigenvalue weighted by atomic mass is 9.98. The van der Waals surface area contributed by atoms with Crippen molar-refractivity contribution in [3.63, 3.8) is 0 Å². The maximum absolute atomic E-state index is 12.0. The second-order valence-corrected chi connectivity index (χ2v) is 8.76. The minimum Gasteiger partial charge on any atom is -0.426 e. The van der Waals surface area contributed by atoms with Crippen LogP contribution in [-0.2, 0) is 35.3 Å². The molecule has 2 aliphatic heterocycles. The Hall–Kier alpha value is -5.48. The average Bonchev–Trinajstić information content (AvgIpc) is 2.89. The van der Waals surface area contributed by atoms with E-state index in [4.69, 9.17) is 15.3 Å². The summed E-state index contributed by atoms with van der Waals surface area (Å²) in [5, 5.41) is 4.42. The molecule has 2 aromatic heterocycles. The van der Waals surface area contributed by atoms with Crippen LogP contribution in [0.25, 0.3) is 0 Å². The number of hydrogen-bond acceptors (Lipinski definition) is 8. The number of nitrogens with one attached hydrogen (secondary N) is 2. The Labute approximate surface area is 227 Å². The first-order chi connectivity index (χ1) is 19.2. The third-order valence-corrected chi connectivity index (χ3v) is 5.90. The number of rotatable bonds is 4. The smallest absolute Gasteiger partial charge is 0.336 e. The number of benzene rings is 1. The molecule has 0 atom stereocenters. The molecule has 5 rings (SSSR count). The van der Waals surface area contributed by atoms with Gasteiger partial charge in [-0.05, 0) is 36.1 Å². The van der Waals surface area contributed by atoms with Crippen molar-refractivity contribution in [2.24, 2.45) is 0 Å². The number of carbonyl (C=O) groups is 4. The topological polar surface area (TPSA) is 153 Å². The largest absolute Gasteiger partial charge is 0.426 e. The van der Waals surface area contributed by atoms with E-state index in [1.165, 1.54) is 12.1 Å². The van der Waals surface area contributed by atoms with E-state index in [2.05, 4.69) is 28.4 Å². The Morgan fingerprint density at radius 2 is 1.23 bits per heavy atom. The van der Waals surface area contributed by atoms with Crippen LogP contribution in [0.2, 0.25) is 0 Å². The molecule has 0 saturated carbocycles. The summed E-state index contributed by atoms with van der Waals surface area (Å²) < 4.78 is 9.86. The molecule has 1 aromatic carbocycles. The number of hydrogen-bond donors (Lipinski definition) is 2. The van der Waals surface area contributed by atoms with Crippen molar-refractivity contribution in [2.45, 2.75) is 38.5 Å². The molecule has 0 radical (unpaired) electrons. The molecule has 0 unspecified atom stereocenters. The normalized spacial score (nSPS) is 13.3. The average molecular weight is 539 g/mol. The fourth-order valence-electron chi connectivity index (χ4n) is 4.23. The van der Waals surface area contributed by atoms with Gasteiger partial charge in [0.25, 0.3) is 11.8 Å². The first-order valence-electron chi connectivity index (χ1n) is 12.2. The fraction of sp³-hybridized carbons (Fsp3) is 0.200. The summed E-state index contributed by atoms with van der Waals surface area (Å²) in [7, 11) is 0. The molecular formula is C30H22N2O8. The highest BCUT2D eigenvalue weighted by Gasteiger charge is 2.28. The van der Waals surface area contributed by atoms with Crippen LogP contribution in [0.3, 0.4) is 0 Å². The van der Waals surface area contributed by atoms with Crippen LogP contribution in [0.1, 0.15) is 61.8 Å². The van der Waals surface area contributed by atoms with Crippen molar-refractivity contribution in [3.8, 4) is 24.2 Å². The van der Waals surface area contributed by atoms with E-state index in [1.807, 2.05) is 30.3 Å². The molecule has 0 spiro atoms. The Kier molecular flexibility index (Phi) is 8.52. The molecule has 0 aliphatic carbocycles. The van der Waals surface area contributed by atoms with E-state index < -0.39 is 34.9 Å². The van der Waals surface area contributed by atoms with Gasteiger partial charge in [0.1, 0.15) is 11.5 Å². The van der Waals surface area contributed by atoms with Gasteiger partial charge in [-0.25, -0.2) is 9.59 Å². The zero-order valence-corrected chi connectivity index (χ0v) is 21.1. The molecule has 4 heterocycles. The van der Waals surface area contributed by atoms with E-state index in [-0.39, 0.29) is 35.5 Å². The Morgan fingerprint density at radius 1 is 0.725 bits per heavy atom. The van der Waals surface area contributed by atoms with Crippen molar-refractivity contribution in [3.05, 3.63) is 103 Å². The predicted molar refractivity (Wildman–Crippen MR) is 141 cm³/mol. The Bertz CT molecular complexity index is 1730. The van der Waals surface area contributed by atoms with Crippen LogP contribution in [-0.4, -0.2) is 23.6 Å². The molecule has 2 aliphatic rings. The standard InChI is InChI=1S/C18H13NO4.C12H9NO4/c20-15-11-14-17(18(22)19-15)13(10-16(21)23-14)9-5-4-8-12-6-2-1-3-7-12;1-2-3-4-7-5-10(15)17-8-6-9(14)13-12(16)11(7)8/h1-3,6-7,10H,5,9,11H2,(H,19,20,22);1,5H,3-4,6H2,(H,13,14,16). The highest BCUT2D eigenvalue weighted by atomic mass is 16.4. The summed E-state index contributed by atoms with van der Waals surface area (Å²) in [6.45, 7) is 0. The van der Waals surface area contributed by atoms with Crippen molar-refractivity contribution < 1.29 is 28.0 Å². The zero-order chi connectivity index (χ0) is 28.6. The minimum atomic E-state index is -0.571. The summed E-state index contributed by atoms with van der Waals surface area (Å²) in [5.74, 6) is 6.74. The second kappa shape index (κ2) is 12.4. The summed E-state index contributed by atoms with van der Waals surface area (Å²) in [6, 6.07) is 12.1. The van der Waals surface area contributed by atoms with Gasteiger partial charge in [0.2, 0.25) is 11.8 Å². The van der Waals surface area contributed by atoms with Crippen LogP contribution >= 0.6 is 0 Å². The predicted octanol–water partition coefficient (Wildman–Crippen LogP) is 1.45. The van der Waals surface area contributed by atoms with Crippen molar-refractivity contribution in [1.29, 1.82) is 0 Å². The zero-order valence-electron chi connectivity index (χ0n) is 21.1. The number of carbonyl (C=O) groups excluding carboxylic acids is 4. The minimum absolute atomic E-state index is 0.0970. The van der Waals surface area contributed by atoms with Gasteiger partial charge in [-0.2, -0.15) is 0 Å². The van der Waals surface area contributed by atoms with Crippen LogP contribution in [0.4, 0.5) is 0 Å². The van der Waals surface area contributed by atoms with E-state index in [0.717, 1.165) is 5.56 Å². The molecule has 4 amide bonds. The Morgan fingerprint density at radius 3 is 1.73 bits per heavy atom. The van der Waals surface area contributed by atoms with Crippen LogP contribution in [0.15, 0.2) is 60.9 Å².